The molecule has 2 aromatic heterocycles. The van der Waals surface area contributed by atoms with Crippen molar-refractivity contribution < 1.29 is 0 Å². The first-order chi connectivity index (χ1) is 7.42. The van der Waals surface area contributed by atoms with Gasteiger partial charge in [-0.1, -0.05) is 6.07 Å². The van der Waals surface area contributed by atoms with Gasteiger partial charge in [-0.25, -0.2) is 4.98 Å². The minimum atomic E-state index is 0.763. The van der Waals surface area contributed by atoms with Crippen LogP contribution in [0.5, 0.6) is 0 Å². The van der Waals surface area contributed by atoms with Crippen molar-refractivity contribution in [3.05, 3.63) is 27.9 Å². The second-order valence-electron chi connectivity index (χ2n) is 3.76. The lowest BCUT2D eigenvalue weighted by Crippen LogP contribution is -2.14. The van der Waals surface area contributed by atoms with Crippen LogP contribution in [0.4, 0.5) is 0 Å². The van der Waals surface area contributed by atoms with Crippen molar-refractivity contribution in [2.24, 2.45) is 0 Å². The zero-order valence-electron chi connectivity index (χ0n) is 8.27. The van der Waals surface area contributed by atoms with Crippen LogP contribution in [0.1, 0.15) is 17.8 Å². The summed E-state index contributed by atoms with van der Waals surface area (Å²) in [5, 5.41) is 8.92. The molecule has 1 fully saturated rings. The van der Waals surface area contributed by atoms with E-state index in [4.69, 9.17) is 0 Å². The van der Waals surface area contributed by atoms with Gasteiger partial charge in [0.2, 0.25) is 0 Å². The SMILES string of the molecule is c1csc(-c2csc(CNC3CC3)n2)c1. The van der Waals surface area contributed by atoms with Crippen LogP contribution in [0.15, 0.2) is 22.9 Å². The Morgan fingerprint density at radius 3 is 3.07 bits per heavy atom. The number of nitrogens with zero attached hydrogens (tertiary/aromatic N) is 1. The number of thiazole rings is 1. The number of nitrogens with one attached hydrogen (secondary N) is 1. The summed E-state index contributed by atoms with van der Waals surface area (Å²) in [7, 11) is 0. The Morgan fingerprint density at radius 1 is 1.40 bits per heavy atom. The smallest absolute Gasteiger partial charge is 0.107 e. The van der Waals surface area contributed by atoms with E-state index in [9.17, 15) is 0 Å². The first kappa shape index (κ1) is 9.51. The highest BCUT2D eigenvalue weighted by Crippen LogP contribution is 2.26. The molecule has 0 spiro atoms. The number of hydrogen-bond acceptors (Lipinski definition) is 4. The van der Waals surface area contributed by atoms with Crippen LogP contribution in [0.3, 0.4) is 0 Å². The number of rotatable bonds is 4. The van der Waals surface area contributed by atoms with Gasteiger partial charge in [0, 0.05) is 18.0 Å². The maximum absolute atomic E-state index is 4.62. The van der Waals surface area contributed by atoms with Gasteiger partial charge in [-0.05, 0) is 24.3 Å². The molecule has 3 rings (SSSR count). The van der Waals surface area contributed by atoms with Gasteiger partial charge in [0.15, 0.2) is 0 Å². The Morgan fingerprint density at radius 2 is 2.33 bits per heavy atom. The second-order valence-corrected chi connectivity index (χ2v) is 5.65. The normalized spacial score (nSPS) is 15.7. The molecule has 2 nitrogen and oxygen atoms in total. The highest BCUT2D eigenvalue weighted by atomic mass is 32.1. The quantitative estimate of drug-likeness (QED) is 0.882. The zero-order valence-corrected chi connectivity index (χ0v) is 9.90. The highest BCUT2D eigenvalue weighted by molar-refractivity contribution is 7.14. The van der Waals surface area contributed by atoms with Gasteiger partial charge in [-0.15, -0.1) is 22.7 Å². The fraction of sp³-hybridized carbons (Fsp3) is 0.364. The summed E-state index contributed by atoms with van der Waals surface area (Å²) in [5.41, 5.74) is 1.13. The Kier molecular flexibility index (Phi) is 2.56. The molecule has 2 heterocycles. The Balaban J connectivity index is 1.69. The molecule has 1 N–H and O–H groups in total. The predicted octanol–water partition coefficient (Wildman–Crippen LogP) is 3.12. The van der Waals surface area contributed by atoms with Gasteiger partial charge >= 0.3 is 0 Å². The molecule has 78 valence electrons. The largest absolute Gasteiger partial charge is 0.308 e. The molecule has 15 heavy (non-hydrogen) atoms. The molecule has 0 atom stereocenters. The third-order valence-electron chi connectivity index (χ3n) is 2.44. The summed E-state index contributed by atoms with van der Waals surface area (Å²) in [5.74, 6) is 0. The molecule has 1 aliphatic carbocycles. The lowest BCUT2D eigenvalue weighted by molar-refractivity contribution is 0.685. The van der Waals surface area contributed by atoms with Crippen molar-refractivity contribution >= 4 is 22.7 Å². The predicted molar refractivity (Wildman–Crippen MR) is 65.3 cm³/mol. The van der Waals surface area contributed by atoms with Crippen molar-refractivity contribution in [2.45, 2.75) is 25.4 Å². The van der Waals surface area contributed by atoms with E-state index in [0.29, 0.717) is 0 Å². The minimum absolute atomic E-state index is 0.763. The van der Waals surface area contributed by atoms with E-state index < -0.39 is 0 Å². The monoisotopic (exact) mass is 236 g/mol. The second kappa shape index (κ2) is 4.04. The van der Waals surface area contributed by atoms with E-state index in [-0.39, 0.29) is 0 Å². The molecule has 0 amide bonds. The summed E-state index contributed by atoms with van der Waals surface area (Å²) in [4.78, 5) is 5.89. The molecule has 0 bridgehead atoms. The number of thiophene rings is 1. The highest BCUT2D eigenvalue weighted by Gasteiger charge is 2.20. The Bertz CT molecular complexity index is 429. The third-order valence-corrected chi connectivity index (χ3v) is 4.19. The van der Waals surface area contributed by atoms with Gasteiger partial charge in [0.05, 0.1) is 10.6 Å². The van der Waals surface area contributed by atoms with Gasteiger partial charge in [0.25, 0.3) is 0 Å². The topological polar surface area (TPSA) is 24.9 Å². The van der Waals surface area contributed by atoms with E-state index in [2.05, 4.69) is 33.2 Å². The average Bonchev–Trinajstić information content (AvgIpc) is 2.78. The fourth-order valence-corrected chi connectivity index (χ4v) is 2.95. The zero-order chi connectivity index (χ0) is 10.1. The van der Waals surface area contributed by atoms with E-state index in [0.717, 1.165) is 18.3 Å². The lowest BCUT2D eigenvalue weighted by atomic mass is 10.4. The third kappa shape index (κ3) is 2.27. The standard InChI is InChI=1S/C11H12N2S2/c1-2-10(14-5-1)9-7-15-11(13-9)6-12-8-3-4-8/h1-2,5,7-8,12H,3-4,6H2. The molecule has 0 radical (unpaired) electrons. The summed E-state index contributed by atoms with van der Waals surface area (Å²) in [6.45, 7) is 0.931. The molecular formula is C11H12N2S2. The summed E-state index contributed by atoms with van der Waals surface area (Å²) in [6.07, 6.45) is 2.67. The van der Waals surface area contributed by atoms with Crippen LogP contribution >= 0.6 is 22.7 Å². The first-order valence-corrected chi connectivity index (χ1v) is 6.89. The summed E-state index contributed by atoms with van der Waals surface area (Å²) < 4.78 is 0. The van der Waals surface area contributed by atoms with Gasteiger partial charge < -0.3 is 5.32 Å². The van der Waals surface area contributed by atoms with Crippen molar-refractivity contribution in [1.29, 1.82) is 0 Å². The molecular weight excluding hydrogens is 224 g/mol. The van der Waals surface area contributed by atoms with Crippen molar-refractivity contribution in [1.82, 2.24) is 10.3 Å². The van der Waals surface area contributed by atoms with Gasteiger partial charge in [-0.2, -0.15) is 0 Å². The maximum atomic E-state index is 4.62. The molecule has 0 saturated heterocycles. The summed E-state index contributed by atoms with van der Waals surface area (Å²) in [6, 6.07) is 4.96. The lowest BCUT2D eigenvalue weighted by Gasteiger charge is -1.96. The molecule has 2 aromatic rings. The maximum Gasteiger partial charge on any atom is 0.107 e. The van der Waals surface area contributed by atoms with E-state index in [1.54, 1.807) is 22.7 Å². The number of aromatic nitrogens is 1. The van der Waals surface area contributed by atoms with Crippen molar-refractivity contribution in [3.63, 3.8) is 0 Å². The van der Waals surface area contributed by atoms with Crippen LogP contribution in [-0.2, 0) is 6.54 Å². The Hall–Kier alpha value is -0.710. The van der Waals surface area contributed by atoms with E-state index >= 15 is 0 Å². The van der Waals surface area contributed by atoms with Crippen LogP contribution in [0, 0.1) is 0 Å². The average molecular weight is 236 g/mol. The first-order valence-electron chi connectivity index (χ1n) is 5.13. The molecule has 0 unspecified atom stereocenters. The minimum Gasteiger partial charge on any atom is -0.308 e. The van der Waals surface area contributed by atoms with Crippen LogP contribution in [0.2, 0.25) is 0 Å². The van der Waals surface area contributed by atoms with Crippen molar-refractivity contribution in [2.75, 3.05) is 0 Å². The van der Waals surface area contributed by atoms with Crippen LogP contribution in [0.25, 0.3) is 10.6 Å². The summed E-state index contributed by atoms with van der Waals surface area (Å²) >= 11 is 3.50. The van der Waals surface area contributed by atoms with Gasteiger partial charge in [-0.3, -0.25) is 0 Å². The van der Waals surface area contributed by atoms with Gasteiger partial charge in [0.1, 0.15) is 5.01 Å². The molecule has 4 heteroatoms. The fourth-order valence-electron chi connectivity index (χ4n) is 1.45. The van der Waals surface area contributed by atoms with Crippen molar-refractivity contribution in [3.8, 4) is 10.6 Å². The molecule has 1 aliphatic rings. The van der Waals surface area contributed by atoms with E-state index in [1.807, 2.05) is 0 Å². The van der Waals surface area contributed by atoms with Crippen LogP contribution < -0.4 is 5.32 Å². The number of hydrogen-bond donors (Lipinski definition) is 1. The molecule has 0 aliphatic heterocycles. The van der Waals surface area contributed by atoms with E-state index in [1.165, 1.54) is 22.7 Å². The molecule has 0 aromatic carbocycles. The Labute approximate surface area is 97.0 Å². The van der Waals surface area contributed by atoms with Crippen LogP contribution in [-0.4, -0.2) is 11.0 Å². The molecule has 1 saturated carbocycles.